The number of aliphatic imine (C=N–C) groups is 2. The zero-order valence-electron chi connectivity index (χ0n) is 14.3. The number of amidine groups is 2. The summed E-state index contributed by atoms with van der Waals surface area (Å²) in [5.74, 6) is 0.573. The van der Waals surface area contributed by atoms with Crippen LogP contribution in [-0.2, 0) is 4.79 Å². The van der Waals surface area contributed by atoms with E-state index in [1.54, 1.807) is 13.2 Å². The molecule has 0 atom stereocenters. The van der Waals surface area contributed by atoms with Crippen LogP contribution >= 0.6 is 11.8 Å². The minimum Gasteiger partial charge on any atom is -0.497 e. The lowest BCUT2D eigenvalue weighted by molar-refractivity contribution is -0.123. The van der Waals surface area contributed by atoms with E-state index in [9.17, 15) is 4.79 Å². The van der Waals surface area contributed by atoms with Crippen LogP contribution in [0.1, 0.15) is 11.1 Å². The molecule has 2 aliphatic heterocycles. The molecule has 1 saturated heterocycles. The van der Waals surface area contributed by atoms with Gasteiger partial charge < -0.3 is 4.74 Å². The number of carbonyl (C=O) groups excluding carboxylic acids is 1. The van der Waals surface area contributed by atoms with Crippen molar-refractivity contribution in [1.82, 2.24) is 10.4 Å². The molecule has 1 N–H and O–H groups in total. The Morgan fingerprint density at radius 3 is 2.54 bits per heavy atom. The predicted octanol–water partition coefficient (Wildman–Crippen LogP) is 3.48. The molecule has 1 amide bonds. The lowest BCUT2D eigenvalue weighted by Crippen LogP contribution is -2.38. The van der Waals surface area contributed by atoms with Crippen molar-refractivity contribution >= 4 is 39.8 Å². The summed E-state index contributed by atoms with van der Waals surface area (Å²) in [6.45, 7) is 2.03. The molecule has 130 valence electrons. The quantitative estimate of drug-likeness (QED) is 0.847. The van der Waals surface area contributed by atoms with Gasteiger partial charge in [0, 0.05) is 0 Å². The third-order valence-electron chi connectivity index (χ3n) is 3.91. The van der Waals surface area contributed by atoms with Crippen molar-refractivity contribution in [2.75, 3.05) is 7.11 Å². The Hall–Kier alpha value is -3.06. The summed E-state index contributed by atoms with van der Waals surface area (Å²) >= 11 is 1.34. The lowest BCUT2D eigenvalue weighted by atomic mass is 10.2. The number of fused-ring (bicyclic) bond motifs is 1. The minimum absolute atomic E-state index is 0.197. The minimum atomic E-state index is -0.197. The standard InChI is InChI=1S/C19H16N4O2S/c1-12-3-7-14(8-4-12)20-18-22-23-17(24)16(21-19(23)26-18)11-13-5-9-15(25-2)10-6-13/h3-11H,1-2H3,(H,20,22)/b16-11-. The number of hydrogen-bond acceptors (Lipinski definition) is 5. The van der Waals surface area contributed by atoms with Crippen LogP contribution in [0.4, 0.5) is 5.69 Å². The topological polar surface area (TPSA) is 66.3 Å². The first-order chi connectivity index (χ1) is 12.6. The van der Waals surface area contributed by atoms with Crippen LogP contribution in [0.15, 0.2) is 64.2 Å². The van der Waals surface area contributed by atoms with Crippen LogP contribution < -0.4 is 10.2 Å². The van der Waals surface area contributed by atoms with Crippen LogP contribution in [-0.4, -0.2) is 28.4 Å². The summed E-state index contributed by atoms with van der Waals surface area (Å²) in [6, 6.07) is 15.3. The fourth-order valence-corrected chi connectivity index (χ4v) is 3.34. The highest BCUT2D eigenvalue weighted by atomic mass is 32.2. The maximum Gasteiger partial charge on any atom is 0.297 e. The van der Waals surface area contributed by atoms with Gasteiger partial charge in [-0.2, -0.15) is 5.01 Å². The van der Waals surface area contributed by atoms with Gasteiger partial charge in [-0.05, 0) is 54.6 Å². The van der Waals surface area contributed by atoms with Gasteiger partial charge in [-0.3, -0.25) is 10.2 Å². The summed E-state index contributed by atoms with van der Waals surface area (Å²) in [6.07, 6.45) is 1.76. The fraction of sp³-hybridized carbons (Fsp3) is 0.105. The molecule has 2 aliphatic rings. The Balaban J connectivity index is 1.54. The number of nitrogens with one attached hydrogen (secondary N) is 1. The van der Waals surface area contributed by atoms with E-state index in [4.69, 9.17) is 4.74 Å². The zero-order chi connectivity index (χ0) is 18.1. The maximum atomic E-state index is 12.5. The van der Waals surface area contributed by atoms with E-state index in [1.807, 2.05) is 55.5 Å². The summed E-state index contributed by atoms with van der Waals surface area (Å²) in [7, 11) is 1.62. The smallest absolute Gasteiger partial charge is 0.297 e. The molecular weight excluding hydrogens is 348 g/mol. The van der Waals surface area contributed by atoms with E-state index in [2.05, 4.69) is 15.4 Å². The van der Waals surface area contributed by atoms with Crippen molar-refractivity contribution in [3.63, 3.8) is 0 Å². The molecule has 0 spiro atoms. The molecule has 0 unspecified atom stereocenters. The van der Waals surface area contributed by atoms with Gasteiger partial charge in [-0.15, -0.1) is 0 Å². The average molecular weight is 364 g/mol. The van der Waals surface area contributed by atoms with E-state index in [1.165, 1.54) is 22.3 Å². The van der Waals surface area contributed by atoms with E-state index in [0.29, 0.717) is 16.0 Å². The number of nitrogens with zero attached hydrogens (tertiary/aromatic N) is 3. The van der Waals surface area contributed by atoms with Gasteiger partial charge in [0.1, 0.15) is 11.4 Å². The van der Waals surface area contributed by atoms with E-state index in [0.717, 1.165) is 17.0 Å². The molecule has 0 aliphatic carbocycles. The van der Waals surface area contributed by atoms with Gasteiger partial charge in [0.2, 0.25) is 0 Å². The molecule has 1 fully saturated rings. The first-order valence-electron chi connectivity index (χ1n) is 8.01. The molecule has 0 radical (unpaired) electrons. The number of carbonyl (C=O) groups is 1. The molecule has 0 bridgehead atoms. The number of aryl methyl sites for hydroxylation is 1. The highest BCUT2D eigenvalue weighted by Gasteiger charge is 2.37. The number of methoxy groups -OCH3 is 1. The van der Waals surface area contributed by atoms with Gasteiger partial charge in [-0.25, -0.2) is 9.98 Å². The first-order valence-corrected chi connectivity index (χ1v) is 8.83. The highest BCUT2D eigenvalue weighted by Crippen LogP contribution is 2.29. The number of rotatable bonds is 3. The monoisotopic (exact) mass is 364 g/mol. The van der Waals surface area contributed by atoms with Gasteiger partial charge in [0.15, 0.2) is 10.3 Å². The Labute approximate surface area is 155 Å². The number of benzene rings is 2. The van der Waals surface area contributed by atoms with Gasteiger partial charge in [-0.1, -0.05) is 29.8 Å². The number of thioether (sulfide) groups is 1. The summed E-state index contributed by atoms with van der Waals surface area (Å²) < 4.78 is 5.14. The SMILES string of the molecule is COc1ccc(/C=C2\N=C3SC(=Nc4ccc(C)cc4)NN3C2=O)cc1. The largest absolute Gasteiger partial charge is 0.497 e. The highest BCUT2D eigenvalue weighted by molar-refractivity contribution is 8.27. The number of hydrazine groups is 1. The third kappa shape index (κ3) is 3.21. The second-order valence-electron chi connectivity index (χ2n) is 5.80. The molecule has 0 saturated carbocycles. The zero-order valence-corrected chi connectivity index (χ0v) is 15.1. The molecule has 0 aromatic heterocycles. The number of hydrogen-bond donors (Lipinski definition) is 1. The second kappa shape index (κ2) is 6.68. The van der Waals surface area contributed by atoms with Crippen LogP contribution in [0.3, 0.4) is 0 Å². The Morgan fingerprint density at radius 1 is 1.15 bits per heavy atom. The molecule has 26 heavy (non-hydrogen) atoms. The van der Waals surface area contributed by atoms with Crippen LogP contribution in [0.5, 0.6) is 5.75 Å². The van der Waals surface area contributed by atoms with E-state index in [-0.39, 0.29) is 5.91 Å². The Morgan fingerprint density at radius 2 is 1.88 bits per heavy atom. The Bertz CT molecular complexity index is 947. The summed E-state index contributed by atoms with van der Waals surface area (Å²) in [4.78, 5) is 21.5. The third-order valence-corrected chi connectivity index (χ3v) is 4.74. The van der Waals surface area contributed by atoms with Crippen molar-refractivity contribution in [3.8, 4) is 5.75 Å². The van der Waals surface area contributed by atoms with E-state index >= 15 is 0 Å². The van der Waals surface area contributed by atoms with Crippen LogP contribution in [0.25, 0.3) is 6.08 Å². The normalized spacial score (nSPS) is 18.9. The van der Waals surface area contributed by atoms with Crippen molar-refractivity contribution in [3.05, 3.63) is 65.4 Å². The van der Waals surface area contributed by atoms with Crippen molar-refractivity contribution in [1.29, 1.82) is 0 Å². The first kappa shape index (κ1) is 16.4. The molecular formula is C19H16N4O2S. The molecule has 4 rings (SSSR count). The molecule has 6 nitrogen and oxygen atoms in total. The number of ether oxygens (including phenoxy) is 1. The van der Waals surface area contributed by atoms with Crippen LogP contribution in [0, 0.1) is 6.92 Å². The lowest BCUT2D eigenvalue weighted by Gasteiger charge is -2.08. The second-order valence-corrected chi connectivity index (χ2v) is 6.76. The molecule has 2 heterocycles. The fourth-order valence-electron chi connectivity index (χ4n) is 2.51. The van der Waals surface area contributed by atoms with Crippen molar-refractivity contribution in [2.45, 2.75) is 6.92 Å². The molecule has 2 aromatic rings. The van der Waals surface area contributed by atoms with E-state index < -0.39 is 0 Å². The summed E-state index contributed by atoms with van der Waals surface area (Å²) in [5, 5.41) is 2.64. The Kier molecular flexibility index (Phi) is 4.22. The van der Waals surface area contributed by atoms with Gasteiger partial charge >= 0.3 is 0 Å². The van der Waals surface area contributed by atoms with Gasteiger partial charge in [0.25, 0.3) is 5.91 Å². The van der Waals surface area contributed by atoms with Crippen molar-refractivity contribution in [2.24, 2.45) is 9.98 Å². The predicted molar refractivity (Wildman–Crippen MR) is 104 cm³/mol. The van der Waals surface area contributed by atoms with Crippen LogP contribution in [0.2, 0.25) is 0 Å². The van der Waals surface area contributed by atoms with Gasteiger partial charge in [0.05, 0.1) is 12.8 Å². The van der Waals surface area contributed by atoms with Crippen molar-refractivity contribution < 1.29 is 9.53 Å². The maximum absolute atomic E-state index is 12.5. The number of amides is 1. The average Bonchev–Trinajstić information content (AvgIpc) is 3.17. The summed E-state index contributed by atoms with van der Waals surface area (Å²) in [5.41, 5.74) is 6.28. The molecule has 2 aromatic carbocycles. The molecule has 7 heteroatoms.